The molecule has 1 N–H and O–H groups in total. The topological polar surface area (TPSA) is 37.3 Å². The zero-order valence-corrected chi connectivity index (χ0v) is 9.18. The molecule has 0 heterocycles. The Morgan fingerprint density at radius 3 is 2.43 bits per heavy atom. The number of rotatable bonds is 3. The molecule has 2 rings (SSSR count). The minimum Gasteiger partial charge on any atom is -0.481 e. The molecule has 14 heavy (non-hydrogen) atoms. The van der Waals surface area contributed by atoms with E-state index in [2.05, 4.69) is 13.8 Å². The summed E-state index contributed by atoms with van der Waals surface area (Å²) >= 11 is 0. The molecule has 2 nitrogen and oxygen atoms in total. The average Bonchev–Trinajstić information content (AvgIpc) is 2.47. The lowest BCUT2D eigenvalue weighted by atomic mass is 9.89. The van der Waals surface area contributed by atoms with E-state index in [0.717, 1.165) is 25.7 Å². The van der Waals surface area contributed by atoms with Crippen LogP contribution in [0.5, 0.6) is 0 Å². The van der Waals surface area contributed by atoms with Crippen LogP contribution in [0.2, 0.25) is 0 Å². The molecule has 0 aliphatic heterocycles. The molecule has 2 atom stereocenters. The number of hydrogen-bond acceptors (Lipinski definition) is 1. The van der Waals surface area contributed by atoms with Crippen molar-refractivity contribution >= 4 is 5.97 Å². The van der Waals surface area contributed by atoms with E-state index in [1.54, 1.807) is 0 Å². The van der Waals surface area contributed by atoms with Crippen LogP contribution in [0.25, 0.3) is 0 Å². The predicted octanol–water partition coefficient (Wildman–Crippen LogP) is 3.07. The first-order chi connectivity index (χ1) is 6.58. The molecular formula is C12H20O2. The number of carboxylic acids is 1. The molecule has 2 unspecified atom stereocenters. The summed E-state index contributed by atoms with van der Waals surface area (Å²) in [6.07, 6.45) is 6.99. The highest BCUT2D eigenvalue weighted by atomic mass is 16.4. The van der Waals surface area contributed by atoms with Crippen molar-refractivity contribution in [1.82, 2.24) is 0 Å². The van der Waals surface area contributed by atoms with E-state index in [1.165, 1.54) is 12.8 Å². The van der Waals surface area contributed by atoms with Crippen LogP contribution >= 0.6 is 0 Å². The van der Waals surface area contributed by atoms with Gasteiger partial charge in [-0.15, -0.1) is 0 Å². The fourth-order valence-electron chi connectivity index (χ4n) is 4.13. The molecule has 0 amide bonds. The minimum atomic E-state index is -0.553. The monoisotopic (exact) mass is 196 g/mol. The van der Waals surface area contributed by atoms with E-state index in [-0.39, 0.29) is 16.7 Å². The molecule has 2 aliphatic carbocycles. The highest BCUT2D eigenvalue weighted by Gasteiger charge is 2.75. The fraction of sp³-hybridized carbons (Fsp3) is 0.917. The molecule has 0 aromatic rings. The van der Waals surface area contributed by atoms with E-state index in [4.69, 9.17) is 0 Å². The summed E-state index contributed by atoms with van der Waals surface area (Å²) < 4.78 is 0. The Morgan fingerprint density at radius 2 is 2.00 bits per heavy atom. The third-order valence-electron chi connectivity index (χ3n) is 4.76. The van der Waals surface area contributed by atoms with Crippen LogP contribution in [-0.4, -0.2) is 11.1 Å². The Hall–Kier alpha value is -0.530. The smallest absolute Gasteiger partial charge is 0.307 e. The van der Waals surface area contributed by atoms with Gasteiger partial charge in [0.1, 0.15) is 0 Å². The van der Waals surface area contributed by atoms with E-state index >= 15 is 0 Å². The molecule has 1 spiro atoms. The van der Waals surface area contributed by atoms with Crippen LogP contribution in [0.3, 0.4) is 0 Å². The van der Waals surface area contributed by atoms with Gasteiger partial charge in [0.05, 0.1) is 5.92 Å². The minimum absolute atomic E-state index is 0.0440. The second-order valence-electron chi connectivity index (χ2n) is 5.30. The number of carboxylic acid groups (broad SMARTS) is 1. The summed E-state index contributed by atoms with van der Waals surface area (Å²) in [7, 11) is 0. The van der Waals surface area contributed by atoms with Crippen molar-refractivity contribution in [2.45, 2.75) is 52.4 Å². The lowest BCUT2D eigenvalue weighted by Crippen LogP contribution is -2.06. The summed E-state index contributed by atoms with van der Waals surface area (Å²) in [6.45, 7) is 4.35. The molecule has 2 aliphatic rings. The van der Waals surface area contributed by atoms with Crippen molar-refractivity contribution in [3.63, 3.8) is 0 Å². The highest BCUT2D eigenvalue weighted by Crippen LogP contribution is 2.77. The zero-order valence-electron chi connectivity index (χ0n) is 9.18. The molecule has 2 fully saturated rings. The van der Waals surface area contributed by atoms with Gasteiger partial charge in [0.2, 0.25) is 0 Å². The average molecular weight is 196 g/mol. The van der Waals surface area contributed by atoms with Crippen LogP contribution in [0.1, 0.15) is 52.4 Å². The van der Waals surface area contributed by atoms with Gasteiger partial charge in [0.25, 0.3) is 0 Å². The van der Waals surface area contributed by atoms with Gasteiger partial charge in [-0.2, -0.15) is 0 Å². The quantitative estimate of drug-likeness (QED) is 0.753. The normalized spacial score (nSPS) is 38.9. The van der Waals surface area contributed by atoms with E-state index in [9.17, 15) is 9.90 Å². The van der Waals surface area contributed by atoms with Gasteiger partial charge in [-0.05, 0) is 30.1 Å². The van der Waals surface area contributed by atoms with E-state index in [0.29, 0.717) is 0 Å². The number of aliphatic carboxylic acids is 1. The maximum absolute atomic E-state index is 11.2. The Kier molecular flexibility index (Phi) is 2.13. The van der Waals surface area contributed by atoms with Gasteiger partial charge < -0.3 is 5.11 Å². The summed E-state index contributed by atoms with van der Waals surface area (Å²) in [5.74, 6) is -0.597. The first-order valence-corrected chi connectivity index (χ1v) is 5.81. The van der Waals surface area contributed by atoms with Gasteiger partial charge in [-0.1, -0.05) is 33.1 Å². The Bertz CT molecular complexity index is 253. The second kappa shape index (κ2) is 2.98. The van der Waals surface area contributed by atoms with Crippen molar-refractivity contribution in [3.8, 4) is 0 Å². The third-order valence-corrected chi connectivity index (χ3v) is 4.76. The third kappa shape index (κ3) is 0.999. The van der Waals surface area contributed by atoms with Gasteiger partial charge in [-0.25, -0.2) is 0 Å². The molecule has 80 valence electrons. The molecule has 2 heteroatoms. The van der Waals surface area contributed by atoms with Crippen LogP contribution < -0.4 is 0 Å². The highest BCUT2D eigenvalue weighted by molar-refractivity contribution is 5.77. The van der Waals surface area contributed by atoms with E-state index in [1.807, 2.05) is 0 Å². The van der Waals surface area contributed by atoms with Crippen molar-refractivity contribution in [2.75, 3.05) is 0 Å². The van der Waals surface area contributed by atoms with E-state index < -0.39 is 5.97 Å². The molecular weight excluding hydrogens is 176 g/mol. The summed E-state index contributed by atoms with van der Waals surface area (Å²) in [5.41, 5.74) is 0.304. The SMILES string of the molecule is CCCC1(C)C(C(=O)O)C12CCCC2. The molecule has 2 saturated carbocycles. The number of carbonyl (C=O) groups is 1. The second-order valence-corrected chi connectivity index (χ2v) is 5.30. The van der Waals surface area contributed by atoms with Crippen LogP contribution in [-0.2, 0) is 4.79 Å². The summed E-state index contributed by atoms with van der Waals surface area (Å²) in [6, 6.07) is 0. The molecule has 0 bridgehead atoms. The van der Waals surface area contributed by atoms with Gasteiger partial charge >= 0.3 is 5.97 Å². The van der Waals surface area contributed by atoms with Crippen molar-refractivity contribution < 1.29 is 9.90 Å². The standard InChI is InChI=1S/C12H20O2/c1-3-6-11(2)9(10(13)14)12(11)7-4-5-8-12/h9H,3-8H2,1-2H3,(H,13,14). The molecule has 0 aromatic carbocycles. The van der Waals surface area contributed by atoms with Crippen LogP contribution in [0.15, 0.2) is 0 Å². The predicted molar refractivity (Wildman–Crippen MR) is 55.0 cm³/mol. The zero-order chi connectivity index (χ0) is 10.4. The number of hydrogen-bond donors (Lipinski definition) is 1. The molecule has 0 aromatic heterocycles. The van der Waals surface area contributed by atoms with Gasteiger partial charge in [-0.3, -0.25) is 4.79 Å². The van der Waals surface area contributed by atoms with Gasteiger partial charge in [0, 0.05) is 0 Å². The Labute approximate surface area is 85.7 Å². The van der Waals surface area contributed by atoms with Crippen molar-refractivity contribution in [2.24, 2.45) is 16.7 Å². The summed E-state index contributed by atoms with van der Waals surface area (Å²) in [5, 5.41) is 9.24. The van der Waals surface area contributed by atoms with Crippen LogP contribution in [0, 0.1) is 16.7 Å². The largest absolute Gasteiger partial charge is 0.481 e. The fourth-order valence-corrected chi connectivity index (χ4v) is 4.13. The molecule has 0 radical (unpaired) electrons. The first-order valence-electron chi connectivity index (χ1n) is 5.81. The van der Waals surface area contributed by atoms with Crippen molar-refractivity contribution in [3.05, 3.63) is 0 Å². The van der Waals surface area contributed by atoms with Crippen molar-refractivity contribution in [1.29, 1.82) is 0 Å². The van der Waals surface area contributed by atoms with Crippen LogP contribution in [0.4, 0.5) is 0 Å². The molecule has 0 saturated heterocycles. The lowest BCUT2D eigenvalue weighted by molar-refractivity contribution is -0.140. The maximum atomic E-state index is 11.2. The Morgan fingerprint density at radius 1 is 1.43 bits per heavy atom. The van der Waals surface area contributed by atoms with Gasteiger partial charge in [0.15, 0.2) is 0 Å². The summed E-state index contributed by atoms with van der Waals surface area (Å²) in [4.78, 5) is 11.2. The maximum Gasteiger partial charge on any atom is 0.307 e. The lowest BCUT2D eigenvalue weighted by Gasteiger charge is -2.15. The Balaban J connectivity index is 2.21. The first kappa shape index (κ1) is 10.0.